The Hall–Kier alpha value is -1.86. The third kappa shape index (κ3) is 2.14. The molecule has 0 saturated carbocycles. The predicted molar refractivity (Wildman–Crippen MR) is 49.0 cm³/mol. The SMILES string of the molecule is Cc1nccc(-c2noc(CON)n2)n1. The molecule has 0 aromatic carbocycles. The van der Waals surface area contributed by atoms with Gasteiger partial charge in [0.2, 0.25) is 5.82 Å². The zero-order valence-corrected chi connectivity index (χ0v) is 8.04. The van der Waals surface area contributed by atoms with Crippen LogP contribution in [0.4, 0.5) is 0 Å². The Morgan fingerprint density at radius 2 is 2.33 bits per heavy atom. The first-order chi connectivity index (χ1) is 7.29. The molecule has 0 atom stereocenters. The van der Waals surface area contributed by atoms with Gasteiger partial charge in [-0.15, -0.1) is 0 Å². The van der Waals surface area contributed by atoms with Gasteiger partial charge in [-0.05, 0) is 13.0 Å². The van der Waals surface area contributed by atoms with E-state index in [1.54, 1.807) is 19.2 Å². The van der Waals surface area contributed by atoms with Gasteiger partial charge in [0.25, 0.3) is 5.89 Å². The van der Waals surface area contributed by atoms with Gasteiger partial charge in [0.1, 0.15) is 18.1 Å². The molecule has 0 radical (unpaired) electrons. The maximum Gasteiger partial charge on any atom is 0.255 e. The highest BCUT2D eigenvalue weighted by molar-refractivity contribution is 5.46. The Labute approximate surface area is 85.3 Å². The number of hydrogen-bond donors (Lipinski definition) is 1. The standard InChI is InChI=1S/C8H9N5O2/c1-5-10-3-2-6(11-5)8-12-7(4-14-9)15-13-8/h2-3H,4,9H2,1H3. The lowest BCUT2D eigenvalue weighted by Crippen LogP contribution is -1.99. The summed E-state index contributed by atoms with van der Waals surface area (Å²) in [4.78, 5) is 16.5. The largest absolute Gasteiger partial charge is 0.336 e. The summed E-state index contributed by atoms with van der Waals surface area (Å²) >= 11 is 0. The highest BCUT2D eigenvalue weighted by Crippen LogP contribution is 2.12. The normalized spacial score (nSPS) is 10.5. The lowest BCUT2D eigenvalue weighted by Gasteiger charge is -1.93. The van der Waals surface area contributed by atoms with Crippen molar-refractivity contribution in [1.82, 2.24) is 20.1 Å². The van der Waals surface area contributed by atoms with Crippen molar-refractivity contribution in [2.24, 2.45) is 5.90 Å². The fraction of sp³-hybridized carbons (Fsp3) is 0.250. The molecule has 0 aliphatic heterocycles. The number of aryl methyl sites for hydroxylation is 1. The molecule has 2 aromatic heterocycles. The second-order valence-corrected chi connectivity index (χ2v) is 2.81. The Morgan fingerprint density at radius 3 is 3.07 bits per heavy atom. The maximum absolute atomic E-state index is 4.88. The fourth-order valence-corrected chi connectivity index (χ4v) is 1.07. The van der Waals surface area contributed by atoms with E-state index in [1.165, 1.54) is 0 Å². The maximum atomic E-state index is 4.88. The summed E-state index contributed by atoms with van der Waals surface area (Å²) in [5.74, 6) is 6.23. The molecule has 2 heterocycles. The topological polar surface area (TPSA) is 100.0 Å². The lowest BCUT2D eigenvalue weighted by atomic mass is 10.4. The Morgan fingerprint density at radius 1 is 1.47 bits per heavy atom. The first-order valence-electron chi connectivity index (χ1n) is 4.24. The summed E-state index contributed by atoms with van der Waals surface area (Å²) < 4.78 is 4.87. The van der Waals surface area contributed by atoms with Gasteiger partial charge in [-0.25, -0.2) is 15.9 Å². The quantitative estimate of drug-likeness (QED) is 0.718. The van der Waals surface area contributed by atoms with Crippen LogP contribution in [-0.2, 0) is 11.4 Å². The van der Waals surface area contributed by atoms with E-state index < -0.39 is 0 Å². The van der Waals surface area contributed by atoms with Crippen LogP contribution in [0.5, 0.6) is 0 Å². The molecule has 2 aromatic rings. The van der Waals surface area contributed by atoms with E-state index in [0.717, 1.165) is 0 Å². The van der Waals surface area contributed by atoms with Crippen molar-refractivity contribution >= 4 is 0 Å². The van der Waals surface area contributed by atoms with Gasteiger partial charge in [-0.3, -0.25) is 4.84 Å². The van der Waals surface area contributed by atoms with E-state index in [1.807, 2.05) is 0 Å². The summed E-state index contributed by atoms with van der Waals surface area (Å²) in [7, 11) is 0. The minimum atomic E-state index is 0.0804. The smallest absolute Gasteiger partial charge is 0.255 e. The van der Waals surface area contributed by atoms with Crippen molar-refractivity contribution in [3.63, 3.8) is 0 Å². The van der Waals surface area contributed by atoms with Crippen LogP contribution in [0.1, 0.15) is 11.7 Å². The van der Waals surface area contributed by atoms with Crippen molar-refractivity contribution in [3.05, 3.63) is 24.0 Å². The number of nitrogens with zero attached hydrogens (tertiary/aromatic N) is 4. The molecule has 0 unspecified atom stereocenters. The van der Waals surface area contributed by atoms with E-state index in [-0.39, 0.29) is 6.61 Å². The van der Waals surface area contributed by atoms with E-state index in [0.29, 0.717) is 23.2 Å². The van der Waals surface area contributed by atoms with Gasteiger partial charge in [0.05, 0.1) is 0 Å². The van der Waals surface area contributed by atoms with Crippen molar-refractivity contribution in [2.75, 3.05) is 0 Å². The average molecular weight is 207 g/mol. The minimum absolute atomic E-state index is 0.0804. The molecule has 0 aliphatic rings. The first kappa shape index (κ1) is 9.69. The predicted octanol–water partition coefficient (Wildman–Crippen LogP) is 0.225. The van der Waals surface area contributed by atoms with Gasteiger partial charge >= 0.3 is 0 Å². The van der Waals surface area contributed by atoms with Crippen LogP contribution in [0.25, 0.3) is 11.5 Å². The zero-order valence-electron chi connectivity index (χ0n) is 8.04. The molecule has 7 nitrogen and oxygen atoms in total. The summed E-state index contributed by atoms with van der Waals surface area (Å²) in [6, 6.07) is 1.70. The molecular formula is C8H9N5O2. The highest BCUT2D eigenvalue weighted by atomic mass is 16.6. The molecule has 0 bridgehead atoms. The second-order valence-electron chi connectivity index (χ2n) is 2.81. The second kappa shape index (κ2) is 4.11. The Bertz CT molecular complexity index is 456. The van der Waals surface area contributed by atoms with Gasteiger partial charge in [-0.1, -0.05) is 5.16 Å². The van der Waals surface area contributed by atoms with Crippen molar-refractivity contribution < 1.29 is 9.36 Å². The molecule has 2 rings (SSSR count). The Kier molecular flexibility index (Phi) is 2.66. The third-order valence-electron chi connectivity index (χ3n) is 1.68. The van der Waals surface area contributed by atoms with E-state index >= 15 is 0 Å². The lowest BCUT2D eigenvalue weighted by molar-refractivity contribution is 0.0996. The number of nitrogens with two attached hydrogens (primary N) is 1. The van der Waals surface area contributed by atoms with E-state index in [2.05, 4.69) is 24.9 Å². The van der Waals surface area contributed by atoms with Crippen LogP contribution in [0.15, 0.2) is 16.8 Å². The number of hydrogen-bond acceptors (Lipinski definition) is 7. The van der Waals surface area contributed by atoms with Crippen molar-refractivity contribution in [1.29, 1.82) is 0 Å². The summed E-state index contributed by atoms with van der Waals surface area (Å²) in [5.41, 5.74) is 0.606. The summed E-state index contributed by atoms with van der Waals surface area (Å²) in [5, 5.41) is 3.73. The van der Waals surface area contributed by atoms with E-state index in [9.17, 15) is 0 Å². The van der Waals surface area contributed by atoms with Crippen LogP contribution in [0.2, 0.25) is 0 Å². The molecule has 0 aliphatic carbocycles. The molecule has 0 fully saturated rings. The van der Waals surface area contributed by atoms with Crippen molar-refractivity contribution in [3.8, 4) is 11.5 Å². The molecule has 2 N–H and O–H groups in total. The molecule has 0 spiro atoms. The monoisotopic (exact) mass is 207 g/mol. The van der Waals surface area contributed by atoms with Crippen LogP contribution < -0.4 is 5.90 Å². The van der Waals surface area contributed by atoms with Crippen LogP contribution >= 0.6 is 0 Å². The van der Waals surface area contributed by atoms with Crippen LogP contribution in [0.3, 0.4) is 0 Å². The molecular weight excluding hydrogens is 198 g/mol. The highest BCUT2D eigenvalue weighted by Gasteiger charge is 2.09. The third-order valence-corrected chi connectivity index (χ3v) is 1.68. The van der Waals surface area contributed by atoms with Gasteiger partial charge in [0, 0.05) is 6.20 Å². The number of aromatic nitrogens is 4. The number of rotatable bonds is 3. The van der Waals surface area contributed by atoms with E-state index in [4.69, 9.17) is 10.4 Å². The Balaban J connectivity index is 2.29. The summed E-state index contributed by atoms with van der Waals surface area (Å²) in [6.07, 6.45) is 1.63. The van der Waals surface area contributed by atoms with Crippen LogP contribution in [0, 0.1) is 6.92 Å². The van der Waals surface area contributed by atoms with Crippen LogP contribution in [-0.4, -0.2) is 20.1 Å². The first-order valence-corrected chi connectivity index (χ1v) is 4.24. The summed E-state index contributed by atoms with van der Waals surface area (Å²) in [6.45, 7) is 1.87. The molecule has 0 saturated heterocycles. The minimum Gasteiger partial charge on any atom is -0.336 e. The van der Waals surface area contributed by atoms with Gasteiger partial charge in [0.15, 0.2) is 0 Å². The average Bonchev–Trinajstić information content (AvgIpc) is 2.67. The molecule has 78 valence electrons. The molecule has 15 heavy (non-hydrogen) atoms. The molecule has 0 amide bonds. The molecule has 7 heteroatoms. The fourth-order valence-electron chi connectivity index (χ4n) is 1.07. The van der Waals surface area contributed by atoms with Crippen molar-refractivity contribution in [2.45, 2.75) is 13.5 Å². The van der Waals surface area contributed by atoms with Gasteiger partial charge < -0.3 is 4.52 Å². The zero-order chi connectivity index (χ0) is 10.7. The van der Waals surface area contributed by atoms with Gasteiger partial charge in [-0.2, -0.15) is 4.98 Å².